The Morgan fingerprint density at radius 3 is 2.59 bits per heavy atom. The first-order valence-corrected chi connectivity index (χ1v) is 12.3. The molecule has 1 aromatic carbocycles. The molecule has 0 radical (unpaired) electrons. The lowest BCUT2D eigenvalue weighted by Gasteiger charge is -2.37. The second-order valence-corrected chi connectivity index (χ2v) is 10.7. The molecule has 182 valence electrons. The molecule has 3 aliphatic rings. The SMILES string of the molecule is CCC1(C)OB(c2cc3n(c2)C[C@H](COC)N(Cc2ccccc2C2(O)CC2)C3=O)OC1(C)C. The first-order chi connectivity index (χ1) is 16.1. The van der Waals surface area contributed by atoms with E-state index in [4.69, 9.17) is 14.0 Å². The maximum Gasteiger partial charge on any atom is 0.496 e. The Morgan fingerprint density at radius 1 is 1.21 bits per heavy atom. The van der Waals surface area contributed by atoms with Crippen molar-refractivity contribution >= 4 is 18.5 Å². The highest BCUT2D eigenvalue weighted by atomic mass is 16.7. The van der Waals surface area contributed by atoms with Gasteiger partial charge in [-0.1, -0.05) is 31.2 Å². The topological polar surface area (TPSA) is 73.2 Å². The number of aliphatic hydroxyl groups is 1. The van der Waals surface area contributed by atoms with Crippen LogP contribution in [0.5, 0.6) is 0 Å². The van der Waals surface area contributed by atoms with Gasteiger partial charge in [-0.25, -0.2) is 0 Å². The highest BCUT2D eigenvalue weighted by molar-refractivity contribution is 6.62. The summed E-state index contributed by atoms with van der Waals surface area (Å²) in [6.07, 6.45) is 4.34. The van der Waals surface area contributed by atoms with Crippen LogP contribution in [0.2, 0.25) is 0 Å². The van der Waals surface area contributed by atoms with Crippen LogP contribution >= 0.6 is 0 Å². The fourth-order valence-corrected chi connectivity index (χ4v) is 5.29. The third-order valence-electron chi connectivity index (χ3n) is 8.18. The van der Waals surface area contributed by atoms with E-state index in [0.717, 1.165) is 35.9 Å². The molecule has 1 saturated heterocycles. The zero-order valence-corrected chi connectivity index (χ0v) is 20.8. The molecule has 1 saturated carbocycles. The van der Waals surface area contributed by atoms with E-state index in [0.29, 0.717) is 25.4 Å². The molecule has 1 N–H and O–H groups in total. The van der Waals surface area contributed by atoms with E-state index >= 15 is 0 Å². The van der Waals surface area contributed by atoms with Gasteiger partial charge in [-0.3, -0.25) is 4.79 Å². The molecule has 2 aromatic rings. The Bertz CT molecular complexity index is 1090. The summed E-state index contributed by atoms with van der Waals surface area (Å²) in [4.78, 5) is 15.6. The summed E-state index contributed by atoms with van der Waals surface area (Å²) >= 11 is 0. The van der Waals surface area contributed by atoms with Crippen LogP contribution in [0.4, 0.5) is 0 Å². The van der Waals surface area contributed by atoms with Gasteiger partial charge in [-0.15, -0.1) is 0 Å². The molecule has 2 fully saturated rings. The van der Waals surface area contributed by atoms with E-state index in [2.05, 4.69) is 27.7 Å². The zero-order valence-electron chi connectivity index (χ0n) is 20.8. The van der Waals surface area contributed by atoms with Crippen molar-refractivity contribution in [2.24, 2.45) is 0 Å². The van der Waals surface area contributed by atoms with Gasteiger partial charge in [0.2, 0.25) is 0 Å². The predicted molar refractivity (Wildman–Crippen MR) is 130 cm³/mol. The molecular weight excluding hydrogens is 431 g/mol. The maximum absolute atomic E-state index is 13.7. The van der Waals surface area contributed by atoms with E-state index in [1.165, 1.54) is 0 Å². The number of nitrogens with zero attached hydrogens (tertiary/aromatic N) is 2. The van der Waals surface area contributed by atoms with Crippen LogP contribution in [-0.4, -0.2) is 58.6 Å². The Morgan fingerprint density at radius 2 is 1.94 bits per heavy atom. The minimum absolute atomic E-state index is 0.0485. The Hall–Kier alpha value is -2.13. The van der Waals surface area contributed by atoms with E-state index in [1.807, 2.05) is 46.0 Å². The fraction of sp³-hybridized carbons (Fsp3) is 0.577. The number of hydrogen-bond donors (Lipinski definition) is 1. The van der Waals surface area contributed by atoms with Crippen LogP contribution < -0.4 is 5.46 Å². The van der Waals surface area contributed by atoms with E-state index < -0.39 is 23.9 Å². The van der Waals surface area contributed by atoms with Crippen molar-refractivity contribution in [3.8, 4) is 0 Å². The van der Waals surface area contributed by atoms with Crippen LogP contribution in [0.3, 0.4) is 0 Å². The largest absolute Gasteiger partial charge is 0.496 e. The monoisotopic (exact) mass is 466 g/mol. The molecule has 34 heavy (non-hydrogen) atoms. The summed E-state index contributed by atoms with van der Waals surface area (Å²) in [6.45, 7) is 9.79. The maximum atomic E-state index is 13.7. The minimum Gasteiger partial charge on any atom is -0.399 e. The number of benzene rings is 1. The molecule has 1 unspecified atom stereocenters. The van der Waals surface area contributed by atoms with E-state index in [1.54, 1.807) is 7.11 Å². The summed E-state index contributed by atoms with van der Waals surface area (Å²) in [5.74, 6) is -0.0485. The highest BCUT2D eigenvalue weighted by Crippen LogP contribution is 2.47. The lowest BCUT2D eigenvalue weighted by atomic mass is 9.81. The number of amides is 1. The van der Waals surface area contributed by atoms with Crippen LogP contribution in [0, 0.1) is 0 Å². The van der Waals surface area contributed by atoms with Gasteiger partial charge in [-0.2, -0.15) is 0 Å². The van der Waals surface area contributed by atoms with Crippen molar-refractivity contribution in [1.29, 1.82) is 0 Å². The van der Waals surface area contributed by atoms with Gasteiger partial charge in [0.05, 0.1) is 29.5 Å². The summed E-state index contributed by atoms with van der Waals surface area (Å²) < 4.78 is 20.1. The number of methoxy groups -OCH3 is 1. The first-order valence-electron chi connectivity index (χ1n) is 12.3. The molecule has 1 aliphatic carbocycles. The molecule has 2 atom stereocenters. The van der Waals surface area contributed by atoms with Crippen LogP contribution in [0.25, 0.3) is 0 Å². The molecule has 5 rings (SSSR count). The van der Waals surface area contributed by atoms with Crippen molar-refractivity contribution in [3.05, 3.63) is 53.3 Å². The molecule has 0 bridgehead atoms. The lowest BCUT2D eigenvalue weighted by Crippen LogP contribution is -2.49. The second kappa shape index (κ2) is 8.23. The lowest BCUT2D eigenvalue weighted by molar-refractivity contribution is -0.0118. The molecular formula is C26H35BN2O5. The Labute approximate surface area is 202 Å². The molecule has 1 amide bonds. The van der Waals surface area contributed by atoms with Crippen molar-refractivity contribution in [1.82, 2.24) is 9.47 Å². The van der Waals surface area contributed by atoms with Gasteiger partial charge in [0.15, 0.2) is 0 Å². The van der Waals surface area contributed by atoms with Crippen molar-refractivity contribution in [2.45, 2.75) is 82.9 Å². The normalized spacial score (nSPS) is 27.2. The molecule has 0 spiro atoms. The Balaban J connectivity index is 1.44. The molecule has 7 nitrogen and oxygen atoms in total. The first kappa shape index (κ1) is 23.6. The second-order valence-electron chi connectivity index (χ2n) is 10.7. The van der Waals surface area contributed by atoms with Crippen LogP contribution in [-0.2, 0) is 32.7 Å². The molecule has 3 heterocycles. The number of carbonyl (C=O) groups excluding carboxylic acids is 1. The van der Waals surface area contributed by atoms with Gasteiger partial charge in [0.25, 0.3) is 5.91 Å². The van der Waals surface area contributed by atoms with Gasteiger partial charge in [0, 0.05) is 31.9 Å². The number of ether oxygens (including phenoxy) is 1. The van der Waals surface area contributed by atoms with Gasteiger partial charge < -0.3 is 28.6 Å². The average molecular weight is 466 g/mol. The van der Waals surface area contributed by atoms with E-state index in [9.17, 15) is 9.90 Å². The number of rotatable bonds is 7. The molecule has 8 heteroatoms. The van der Waals surface area contributed by atoms with Gasteiger partial charge >= 0.3 is 7.12 Å². The summed E-state index contributed by atoms with van der Waals surface area (Å²) in [5, 5.41) is 10.8. The van der Waals surface area contributed by atoms with Crippen molar-refractivity contribution in [2.75, 3.05) is 13.7 Å². The summed E-state index contributed by atoms with van der Waals surface area (Å²) in [6, 6.07) is 9.69. The average Bonchev–Trinajstić information content (AvgIpc) is 3.31. The van der Waals surface area contributed by atoms with Crippen LogP contribution in [0.1, 0.15) is 68.6 Å². The van der Waals surface area contributed by atoms with Gasteiger partial charge in [0.1, 0.15) is 5.69 Å². The Kier molecular flexibility index (Phi) is 5.71. The predicted octanol–water partition coefficient (Wildman–Crippen LogP) is 2.83. The fourth-order valence-electron chi connectivity index (χ4n) is 5.29. The van der Waals surface area contributed by atoms with Gasteiger partial charge in [-0.05, 0) is 57.2 Å². The van der Waals surface area contributed by atoms with Crippen LogP contribution in [0.15, 0.2) is 36.5 Å². The zero-order chi connectivity index (χ0) is 24.3. The quantitative estimate of drug-likeness (QED) is 0.636. The number of hydrogen-bond acceptors (Lipinski definition) is 5. The number of fused-ring (bicyclic) bond motifs is 1. The molecule has 2 aliphatic heterocycles. The molecule has 1 aromatic heterocycles. The van der Waals surface area contributed by atoms with Crippen molar-refractivity contribution < 1.29 is 23.9 Å². The number of carbonyl (C=O) groups is 1. The number of aromatic nitrogens is 1. The third-order valence-corrected chi connectivity index (χ3v) is 8.18. The summed E-state index contributed by atoms with van der Waals surface area (Å²) in [5.41, 5.74) is 1.81. The minimum atomic E-state index is -0.755. The summed E-state index contributed by atoms with van der Waals surface area (Å²) in [7, 11) is 1.15. The standard InChI is InChI=1S/C26H35BN2O5/c1-6-25(4)24(2,3)33-27(34-25)19-13-22-23(30)29(20(17-32-5)16-28(22)15-19)14-18-9-7-8-10-21(18)26(31)11-12-26/h7-10,13,15,20,31H,6,11-12,14,16-17H2,1-5H3/t20-,25?/m1/s1. The smallest absolute Gasteiger partial charge is 0.399 e. The third kappa shape index (κ3) is 3.81. The van der Waals surface area contributed by atoms with Crippen molar-refractivity contribution in [3.63, 3.8) is 0 Å². The highest BCUT2D eigenvalue weighted by Gasteiger charge is 2.54. The van der Waals surface area contributed by atoms with E-state index in [-0.39, 0.29) is 11.9 Å².